The SMILES string of the molecule is COc1ccc(CC(=O)N2CCN(C(=O)Cc3cc(C)[nH]c3C)CC2)cc1. The van der Waals surface area contributed by atoms with Crippen molar-refractivity contribution in [1.29, 1.82) is 0 Å². The van der Waals surface area contributed by atoms with Gasteiger partial charge in [0.1, 0.15) is 5.75 Å². The second-order valence-electron chi connectivity index (χ2n) is 7.07. The third-order valence-electron chi connectivity index (χ3n) is 5.10. The summed E-state index contributed by atoms with van der Waals surface area (Å²) in [6.07, 6.45) is 0.787. The third kappa shape index (κ3) is 4.70. The van der Waals surface area contributed by atoms with E-state index in [1.54, 1.807) is 7.11 Å². The average molecular weight is 369 g/mol. The van der Waals surface area contributed by atoms with Gasteiger partial charge in [0.15, 0.2) is 0 Å². The van der Waals surface area contributed by atoms with Gasteiger partial charge in [-0.15, -0.1) is 0 Å². The molecular formula is C21H27N3O3. The van der Waals surface area contributed by atoms with E-state index in [0.717, 1.165) is 28.3 Å². The molecule has 1 aliphatic heterocycles. The van der Waals surface area contributed by atoms with Crippen LogP contribution in [0.25, 0.3) is 0 Å². The summed E-state index contributed by atoms with van der Waals surface area (Å²) in [6.45, 7) is 6.35. The van der Waals surface area contributed by atoms with Crippen LogP contribution >= 0.6 is 0 Å². The number of H-pyrrole nitrogens is 1. The van der Waals surface area contributed by atoms with Crippen molar-refractivity contribution in [2.24, 2.45) is 0 Å². The van der Waals surface area contributed by atoms with Crippen LogP contribution in [-0.2, 0) is 22.4 Å². The number of aryl methyl sites for hydroxylation is 2. The van der Waals surface area contributed by atoms with E-state index < -0.39 is 0 Å². The minimum atomic E-state index is 0.101. The lowest BCUT2D eigenvalue weighted by Crippen LogP contribution is -2.51. The van der Waals surface area contributed by atoms with Crippen molar-refractivity contribution >= 4 is 11.8 Å². The minimum Gasteiger partial charge on any atom is -0.497 e. The number of amides is 2. The molecule has 0 bridgehead atoms. The molecule has 6 nitrogen and oxygen atoms in total. The molecule has 144 valence electrons. The minimum absolute atomic E-state index is 0.101. The summed E-state index contributed by atoms with van der Waals surface area (Å²) in [5.74, 6) is 1.01. The first kappa shape index (κ1) is 19.0. The lowest BCUT2D eigenvalue weighted by atomic mass is 10.1. The van der Waals surface area contributed by atoms with Crippen molar-refractivity contribution in [2.45, 2.75) is 26.7 Å². The quantitative estimate of drug-likeness (QED) is 0.878. The van der Waals surface area contributed by atoms with Crippen LogP contribution in [0.3, 0.4) is 0 Å². The van der Waals surface area contributed by atoms with E-state index in [2.05, 4.69) is 4.98 Å². The molecule has 0 radical (unpaired) electrons. The molecule has 1 aromatic heterocycles. The second-order valence-corrected chi connectivity index (χ2v) is 7.07. The lowest BCUT2D eigenvalue weighted by molar-refractivity contribution is -0.138. The van der Waals surface area contributed by atoms with Crippen LogP contribution in [0.2, 0.25) is 0 Å². The maximum Gasteiger partial charge on any atom is 0.227 e. The van der Waals surface area contributed by atoms with Gasteiger partial charge in [0.05, 0.1) is 20.0 Å². The monoisotopic (exact) mass is 369 g/mol. The largest absolute Gasteiger partial charge is 0.497 e. The molecule has 1 aliphatic rings. The smallest absolute Gasteiger partial charge is 0.227 e. The molecule has 0 atom stereocenters. The van der Waals surface area contributed by atoms with Gasteiger partial charge in [0.2, 0.25) is 11.8 Å². The molecule has 3 rings (SSSR count). The number of aromatic amines is 1. The summed E-state index contributed by atoms with van der Waals surface area (Å²) in [5, 5.41) is 0. The van der Waals surface area contributed by atoms with Crippen molar-refractivity contribution in [1.82, 2.24) is 14.8 Å². The van der Waals surface area contributed by atoms with Gasteiger partial charge in [-0.1, -0.05) is 12.1 Å². The van der Waals surface area contributed by atoms with Crippen LogP contribution in [0.5, 0.6) is 5.75 Å². The van der Waals surface area contributed by atoms with Gasteiger partial charge >= 0.3 is 0 Å². The fraction of sp³-hybridized carbons (Fsp3) is 0.429. The van der Waals surface area contributed by atoms with Gasteiger partial charge in [-0.2, -0.15) is 0 Å². The number of ether oxygens (including phenoxy) is 1. The first-order valence-corrected chi connectivity index (χ1v) is 9.30. The van der Waals surface area contributed by atoms with E-state index in [0.29, 0.717) is 39.0 Å². The predicted octanol–water partition coefficient (Wildman–Crippen LogP) is 2.10. The zero-order valence-corrected chi connectivity index (χ0v) is 16.2. The van der Waals surface area contributed by atoms with Crippen LogP contribution in [0.1, 0.15) is 22.5 Å². The Labute approximate surface area is 160 Å². The van der Waals surface area contributed by atoms with Crippen molar-refractivity contribution in [3.05, 3.63) is 52.8 Å². The number of piperazine rings is 1. The number of carbonyl (C=O) groups excluding carboxylic acids is 2. The molecule has 0 spiro atoms. The molecule has 27 heavy (non-hydrogen) atoms. The van der Waals surface area contributed by atoms with Gasteiger partial charge in [0, 0.05) is 37.6 Å². The van der Waals surface area contributed by atoms with Gasteiger partial charge in [-0.25, -0.2) is 0 Å². The van der Waals surface area contributed by atoms with Gasteiger partial charge < -0.3 is 19.5 Å². The van der Waals surface area contributed by atoms with Gasteiger partial charge in [0.25, 0.3) is 0 Å². The van der Waals surface area contributed by atoms with Gasteiger partial charge in [-0.05, 0) is 43.2 Å². The Morgan fingerprint density at radius 1 is 0.963 bits per heavy atom. The molecule has 2 aromatic rings. The highest BCUT2D eigenvalue weighted by Gasteiger charge is 2.24. The molecule has 1 saturated heterocycles. The first-order valence-electron chi connectivity index (χ1n) is 9.30. The van der Waals surface area contributed by atoms with Crippen LogP contribution < -0.4 is 4.74 Å². The Morgan fingerprint density at radius 2 is 1.52 bits per heavy atom. The average Bonchev–Trinajstić information content (AvgIpc) is 2.99. The summed E-state index contributed by atoms with van der Waals surface area (Å²) < 4.78 is 5.14. The number of nitrogens with zero attached hydrogens (tertiary/aromatic N) is 2. The lowest BCUT2D eigenvalue weighted by Gasteiger charge is -2.35. The van der Waals surface area contributed by atoms with E-state index >= 15 is 0 Å². The standard InChI is InChI=1S/C21H27N3O3/c1-15-12-18(16(2)22-15)14-21(26)24-10-8-23(9-11-24)20(25)13-17-4-6-19(27-3)7-5-17/h4-7,12,22H,8-11,13-14H2,1-3H3. The number of methoxy groups -OCH3 is 1. The summed E-state index contributed by atoms with van der Waals surface area (Å²) in [5.41, 5.74) is 4.14. The Morgan fingerprint density at radius 3 is 2.00 bits per heavy atom. The molecule has 1 aromatic carbocycles. The van der Waals surface area contributed by atoms with Crippen LogP contribution in [0.15, 0.2) is 30.3 Å². The highest BCUT2D eigenvalue weighted by Crippen LogP contribution is 2.15. The number of nitrogens with one attached hydrogen (secondary N) is 1. The Kier molecular flexibility index (Phi) is 5.84. The highest BCUT2D eigenvalue weighted by atomic mass is 16.5. The van der Waals surface area contributed by atoms with Crippen molar-refractivity contribution in [3.63, 3.8) is 0 Å². The van der Waals surface area contributed by atoms with Crippen LogP contribution in [0.4, 0.5) is 0 Å². The molecule has 1 fully saturated rings. The number of benzene rings is 1. The molecule has 2 heterocycles. The molecule has 0 unspecified atom stereocenters. The van der Waals surface area contributed by atoms with E-state index in [-0.39, 0.29) is 11.8 Å². The number of hydrogen-bond acceptors (Lipinski definition) is 3. The first-order chi connectivity index (χ1) is 13.0. The maximum atomic E-state index is 12.6. The van der Waals surface area contributed by atoms with Crippen molar-refractivity contribution < 1.29 is 14.3 Å². The van der Waals surface area contributed by atoms with Crippen molar-refractivity contribution in [2.75, 3.05) is 33.3 Å². The maximum absolute atomic E-state index is 12.6. The summed E-state index contributed by atoms with van der Waals surface area (Å²) in [6, 6.07) is 9.59. The number of rotatable bonds is 5. The topological polar surface area (TPSA) is 65.6 Å². The molecule has 0 saturated carbocycles. The highest BCUT2D eigenvalue weighted by molar-refractivity contribution is 5.81. The van der Waals surface area contributed by atoms with E-state index in [9.17, 15) is 9.59 Å². The fourth-order valence-corrected chi connectivity index (χ4v) is 3.48. The number of aromatic nitrogens is 1. The summed E-state index contributed by atoms with van der Waals surface area (Å²) >= 11 is 0. The summed E-state index contributed by atoms with van der Waals surface area (Å²) in [7, 11) is 1.62. The molecule has 1 N–H and O–H groups in total. The second kappa shape index (κ2) is 8.29. The zero-order chi connectivity index (χ0) is 19.4. The van der Waals surface area contributed by atoms with Crippen LogP contribution in [-0.4, -0.2) is 59.9 Å². The molecular weight excluding hydrogens is 342 g/mol. The third-order valence-corrected chi connectivity index (χ3v) is 5.10. The fourth-order valence-electron chi connectivity index (χ4n) is 3.48. The van der Waals surface area contributed by atoms with Crippen molar-refractivity contribution in [3.8, 4) is 5.75 Å². The van der Waals surface area contributed by atoms with E-state index in [1.807, 2.05) is 54.0 Å². The number of hydrogen-bond donors (Lipinski definition) is 1. The Hall–Kier alpha value is -2.76. The zero-order valence-electron chi connectivity index (χ0n) is 16.2. The predicted molar refractivity (Wildman–Crippen MR) is 104 cm³/mol. The molecule has 0 aliphatic carbocycles. The van der Waals surface area contributed by atoms with E-state index in [1.165, 1.54) is 0 Å². The number of carbonyl (C=O) groups is 2. The Balaban J connectivity index is 1.49. The Bertz CT molecular complexity index is 803. The summed E-state index contributed by atoms with van der Waals surface area (Å²) in [4.78, 5) is 32.0. The normalized spacial score (nSPS) is 14.3. The van der Waals surface area contributed by atoms with E-state index in [4.69, 9.17) is 4.74 Å². The molecule has 6 heteroatoms. The van der Waals surface area contributed by atoms with Crippen LogP contribution in [0, 0.1) is 13.8 Å². The van der Waals surface area contributed by atoms with Gasteiger partial charge in [-0.3, -0.25) is 9.59 Å². The molecule has 2 amide bonds.